The highest BCUT2D eigenvalue weighted by Gasteiger charge is 2.34. The minimum atomic E-state index is 0.768. The van der Waals surface area contributed by atoms with Crippen LogP contribution in [0.2, 0.25) is 0 Å². The lowest BCUT2D eigenvalue weighted by Gasteiger charge is -2.43. The molecular weight excluding hydrogens is 172 g/mol. The summed E-state index contributed by atoms with van der Waals surface area (Å²) in [5, 5.41) is 3.71. The van der Waals surface area contributed by atoms with E-state index in [-0.39, 0.29) is 0 Å². The Morgan fingerprint density at radius 2 is 1.93 bits per heavy atom. The van der Waals surface area contributed by atoms with Crippen molar-refractivity contribution in [3.8, 4) is 0 Å². The summed E-state index contributed by atoms with van der Waals surface area (Å²) in [6, 6.07) is 0.768. The van der Waals surface area contributed by atoms with Gasteiger partial charge in [0.15, 0.2) is 0 Å². The van der Waals surface area contributed by atoms with Crippen LogP contribution in [0.25, 0.3) is 0 Å². The zero-order chi connectivity index (χ0) is 9.97. The molecule has 0 bridgehead atoms. The fraction of sp³-hybridized carbons (Fsp3) is 1.00. The molecule has 2 nitrogen and oxygen atoms in total. The lowest BCUT2D eigenvalue weighted by Crippen LogP contribution is -2.51. The van der Waals surface area contributed by atoms with E-state index in [1.54, 1.807) is 0 Å². The van der Waals surface area contributed by atoms with Crippen LogP contribution in [0.15, 0.2) is 0 Å². The molecule has 82 valence electrons. The maximum Gasteiger partial charge on any atom is 0.0225 e. The second-order valence-electron chi connectivity index (χ2n) is 5.32. The van der Waals surface area contributed by atoms with Gasteiger partial charge in [-0.3, -0.25) is 0 Å². The van der Waals surface area contributed by atoms with Gasteiger partial charge in [0.2, 0.25) is 0 Å². The average Bonchev–Trinajstić information content (AvgIpc) is 2.18. The molecule has 1 N–H and O–H groups in total. The smallest absolute Gasteiger partial charge is 0.0225 e. The van der Waals surface area contributed by atoms with Crippen molar-refractivity contribution in [2.75, 3.05) is 27.2 Å². The third kappa shape index (κ3) is 2.29. The topological polar surface area (TPSA) is 15.3 Å². The fourth-order valence-electron chi connectivity index (χ4n) is 3.32. The van der Waals surface area contributed by atoms with Crippen LogP contribution in [0.5, 0.6) is 0 Å². The van der Waals surface area contributed by atoms with Gasteiger partial charge < -0.3 is 10.2 Å². The van der Waals surface area contributed by atoms with Crippen molar-refractivity contribution >= 4 is 0 Å². The van der Waals surface area contributed by atoms with Gasteiger partial charge in [-0.2, -0.15) is 0 Å². The first-order valence-corrected chi connectivity index (χ1v) is 6.15. The second-order valence-corrected chi connectivity index (χ2v) is 5.32. The molecular formula is C12H24N2. The molecule has 1 saturated carbocycles. The normalized spacial score (nSPS) is 38.4. The van der Waals surface area contributed by atoms with Crippen molar-refractivity contribution in [2.24, 2.45) is 11.8 Å². The van der Waals surface area contributed by atoms with Crippen molar-refractivity contribution in [1.29, 1.82) is 0 Å². The van der Waals surface area contributed by atoms with E-state index in [0.29, 0.717) is 0 Å². The Bertz CT molecular complexity index is 177. The lowest BCUT2D eigenvalue weighted by molar-refractivity contribution is 0.116. The van der Waals surface area contributed by atoms with E-state index in [9.17, 15) is 0 Å². The van der Waals surface area contributed by atoms with E-state index in [2.05, 4.69) is 24.3 Å². The summed E-state index contributed by atoms with van der Waals surface area (Å²) >= 11 is 0. The quantitative estimate of drug-likeness (QED) is 0.723. The second kappa shape index (κ2) is 4.63. The number of piperidine rings is 1. The SMILES string of the molecule is CN(C)CC1NCCC2CCCCC21. The maximum atomic E-state index is 3.71. The van der Waals surface area contributed by atoms with E-state index in [0.717, 1.165) is 17.9 Å². The number of rotatable bonds is 2. The Labute approximate surface area is 88.1 Å². The molecule has 2 aliphatic rings. The van der Waals surface area contributed by atoms with E-state index in [1.165, 1.54) is 45.2 Å². The van der Waals surface area contributed by atoms with Gasteiger partial charge >= 0.3 is 0 Å². The Morgan fingerprint density at radius 3 is 2.71 bits per heavy atom. The summed E-state index contributed by atoms with van der Waals surface area (Å²) in [7, 11) is 4.38. The van der Waals surface area contributed by atoms with Gasteiger partial charge in [-0.1, -0.05) is 19.3 Å². The molecule has 2 fully saturated rings. The molecule has 3 atom stereocenters. The molecule has 0 aromatic rings. The van der Waals surface area contributed by atoms with Crippen LogP contribution in [-0.4, -0.2) is 38.1 Å². The zero-order valence-corrected chi connectivity index (χ0v) is 9.63. The summed E-state index contributed by atoms with van der Waals surface area (Å²) in [4.78, 5) is 2.33. The van der Waals surface area contributed by atoms with Gasteiger partial charge in [0.1, 0.15) is 0 Å². The molecule has 0 amide bonds. The summed E-state index contributed by atoms with van der Waals surface area (Å²) in [5.74, 6) is 2.01. The number of hydrogen-bond donors (Lipinski definition) is 1. The van der Waals surface area contributed by atoms with Crippen LogP contribution in [-0.2, 0) is 0 Å². The van der Waals surface area contributed by atoms with Crippen molar-refractivity contribution < 1.29 is 0 Å². The van der Waals surface area contributed by atoms with E-state index in [1.807, 2.05) is 0 Å². The van der Waals surface area contributed by atoms with Crippen molar-refractivity contribution in [3.05, 3.63) is 0 Å². The number of nitrogens with one attached hydrogen (secondary N) is 1. The minimum Gasteiger partial charge on any atom is -0.312 e. The Kier molecular flexibility index (Phi) is 3.45. The van der Waals surface area contributed by atoms with Crippen LogP contribution < -0.4 is 5.32 Å². The molecule has 1 heterocycles. The molecule has 1 aliphatic carbocycles. The van der Waals surface area contributed by atoms with Crippen LogP contribution in [0.4, 0.5) is 0 Å². The average molecular weight is 196 g/mol. The van der Waals surface area contributed by atoms with E-state index >= 15 is 0 Å². The van der Waals surface area contributed by atoms with E-state index < -0.39 is 0 Å². The fourth-order valence-corrected chi connectivity index (χ4v) is 3.32. The lowest BCUT2D eigenvalue weighted by atomic mass is 9.71. The summed E-state index contributed by atoms with van der Waals surface area (Å²) in [6.45, 7) is 2.47. The number of nitrogens with zero attached hydrogens (tertiary/aromatic N) is 1. The number of fused-ring (bicyclic) bond motifs is 1. The highest BCUT2D eigenvalue weighted by molar-refractivity contribution is 4.90. The molecule has 1 saturated heterocycles. The first-order chi connectivity index (χ1) is 6.77. The third-order valence-electron chi connectivity index (χ3n) is 3.97. The van der Waals surface area contributed by atoms with Crippen molar-refractivity contribution in [2.45, 2.75) is 38.1 Å². The summed E-state index contributed by atoms with van der Waals surface area (Å²) in [6.07, 6.45) is 7.34. The number of likely N-dealkylation sites (N-methyl/N-ethyl adjacent to an activating group) is 1. The van der Waals surface area contributed by atoms with Gasteiger partial charge in [0.25, 0.3) is 0 Å². The number of hydrogen-bond acceptors (Lipinski definition) is 2. The maximum absolute atomic E-state index is 3.71. The van der Waals surface area contributed by atoms with Crippen molar-refractivity contribution in [3.63, 3.8) is 0 Å². The molecule has 3 unspecified atom stereocenters. The van der Waals surface area contributed by atoms with Crippen LogP contribution in [0.1, 0.15) is 32.1 Å². The summed E-state index contributed by atoms with van der Waals surface area (Å²) < 4.78 is 0. The molecule has 1 aliphatic heterocycles. The van der Waals surface area contributed by atoms with Crippen LogP contribution in [0, 0.1) is 11.8 Å². The Morgan fingerprint density at radius 1 is 1.14 bits per heavy atom. The van der Waals surface area contributed by atoms with Crippen LogP contribution in [0.3, 0.4) is 0 Å². The molecule has 0 aromatic heterocycles. The third-order valence-corrected chi connectivity index (χ3v) is 3.97. The van der Waals surface area contributed by atoms with Gasteiger partial charge in [0.05, 0.1) is 0 Å². The van der Waals surface area contributed by atoms with Gasteiger partial charge in [-0.25, -0.2) is 0 Å². The van der Waals surface area contributed by atoms with Gasteiger partial charge in [-0.15, -0.1) is 0 Å². The molecule has 2 rings (SSSR count). The molecule has 14 heavy (non-hydrogen) atoms. The molecule has 0 aromatic carbocycles. The monoisotopic (exact) mass is 196 g/mol. The standard InChI is InChI=1S/C12H24N2/c1-14(2)9-12-11-6-4-3-5-10(11)7-8-13-12/h10-13H,3-9H2,1-2H3. The zero-order valence-electron chi connectivity index (χ0n) is 9.63. The first kappa shape index (κ1) is 10.4. The molecule has 2 heteroatoms. The summed E-state index contributed by atoms with van der Waals surface area (Å²) in [5.41, 5.74) is 0. The highest BCUT2D eigenvalue weighted by Crippen LogP contribution is 2.36. The predicted octanol–water partition coefficient (Wildman–Crippen LogP) is 1.72. The molecule has 0 spiro atoms. The van der Waals surface area contributed by atoms with Gasteiger partial charge in [0, 0.05) is 12.6 Å². The minimum absolute atomic E-state index is 0.768. The Balaban J connectivity index is 1.94. The van der Waals surface area contributed by atoms with Gasteiger partial charge in [-0.05, 0) is 45.3 Å². The predicted molar refractivity (Wildman–Crippen MR) is 60.4 cm³/mol. The Hall–Kier alpha value is -0.0800. The first-order valence-electron chi connectivity index (χ1n) is 6.15. The molecule has 0 radical (unpaired) electrons. The van der Waals surface area contributed by atoms with E-state index in [4.69, 9.17) is 0 Å². The highest BCUT2D eigenvalue weighted by atomic mass is 15.1. The van der Waals surface area contributed by atoms with Crippen molar-refractivity contribution in [1.82, 2.24) is 10.2 Å². The largest absolute Gasteiger partial charge is 0.312 e. The van der Waals surface area contributed by atoms with Crippen LogP contribution >= 0.6 is 0 Å².